The highest BCUT2D eigenvalue weighted by Gasteiger charge is 2.27. The second-order valence-electron chi connectivity index (χ2n) is 3.35. The Hall–Kier alpha value is -0.800. The maximum Gasteiger partial charge on any atom is 0.294 e. The molecule has 8 heteroatoms. The monoisotopic (exact) mass is 261 g/mol. The molecule has 0 bridgehead atoms. The van der Waals surface area contributed by atoms with Crippen LogP contribution in [0.3, 0.4) is 0 Å². The van der Waals surface area contributed by atoms with Crippen LogP contribution in [0.15, 0.2) is 28.0 Å². The average molecular weight is 261 g/mol. The number of nitrogens with one attached hydrogen (secondary N) is 1. The lowest BCUT2D eigenvalue weighted by molar-refractivity contribution is 0.483. The van der Waals surface area contributed by atoms with Gasteiger partial charge < -0.3 is 4.90 Å². The third-order valence-electron chi connectivity index (χ3n) is 2.34. The Bertz CT molecular complexity index is 517. The van der Waals surface area contributed by atoms with Crippen LogP contribution < -0.4 is 16.2 Å². The van der Waals surface area contributed by atoms with Gasteiger partial charge in [0.1, 0.15) is 5.50 Å². The number of hydrogen-bond acceptors (Lipinski definition) is 6. The topological polar surface area (TPSA) is 95.7 Å². The maximum atomic E-state index is 11.0. The van der Waals surface area contributed by atoms with E-state index >= 15 is 0 Å². The van der Waals surface area contributed by atoms with Crippen molar-refractivity contribution < 1.29 is 13.0 Å². The van der Waals surface area contributed by atoms with E-state index in [-0.39, 0.29) is 10.4 Å². The second-order valence-corrected chi connectivity index (χ2v) is 5.90. The van der Waals surface area contributed by atoms with Crippen molar-refractivity contribution in [2.45, 2.75) is 15.3 Å². The zero-order chi connectivity index (χ0) is 11.9. The summed E-state index contributed by atoms with van der Waals surface area (Å²) in [7, 11) is -2.37. The summed E-state index contributed by atoms with van der Waals surface area (Å²) < 4.78 is 30.9. The molecule has 2 rings (SSSR count). The summed E-state index contributed by atoms with van der Waals surface area (Å²) >= 11 is 1.48. The van der Waals surface area contributed by atoms with Crippen molar-refractivity contribution in [2.75, 3.05) is 11.9 Å². The van der Waals surface area contributed by atoms with E-state index in [1.165, 1.54) is 23.9 Å². The summed E-state index contributed by atoms with van der Waals surface area (Å²) in [6, 6.07) is 4.44. The third-order valence-corrected chi connectivity index (χ3v) is 4.47. The molecule has 6 nitrogen and oxygen atoms in total. The van der Waals surface area contributed by atoms with Gasteiger partial charge in [0, 0.05) is 11.9 Å². The Morgan fingerprint density at radius 3 is 2.81 bits per heavy atom. The zero-order valence-corrected chi connectivity index (χ0v) is 10.0. The summed E-state index contributed by atoms with van der Waals surface area (Å²) in [6.45, 7) is 0. The molecule has 1 aromatic rings. The van der Waals surface area contributed by atoms with Gasteiger partial charge in [-0.3, -0.25) is 10.4 Å². The van der Waals surface area contributed by atoms with E-state index in [0.29, 0.717) is 0 Å². The van der Waals surface area contributed by atoms with E-state index in [2.05, 4.69) is 5.43 Å². The molecule has 0 saturated heterocycles. The van der Waals surface area contributed by atoms with Crippen molar-refractivity contribution in [1.82, 2.24) is 5.43 Å². The smallest absolute Gasteiger partial charge is 0.294 e. The van der Waals surface area contributed by atoms with Crippen LogP contribution in [-0.2, 0) is 10.1 Å². The van der Waals surface area contributed by atoms with Crippen LogP contribution in [0.2, 0.25) is 0 Å². The van der Waals surface area contributed by atoms with Crippen LogP contribution in [0.1, 0.15) is 0 Å². The Morgan fingerprint density at radius 1 is 1.56 bits per heavy atom. The molecule has 88 valence electrons. The van der Waals surface area contributed by atoms with E-state index in [0.717, 1.165) is 10.6 Å². The lowest BCUT2D eigenvalue weighted by Crippen LogP contribution is -2.42. The van der Waals surface area contributed by atoms with E-state index < -0.39 is 10.1 Å². The standard InChI is InChI=1S/C8H11N3O3S2/c1-11-6-4-5(16(12,13)14)2-3-7(6)15-8(11)10-9/h2-4,8,10H,9H2,1H3,(H,12,13,14). The quantitative estimate of drug-likeness (QED) is 0.398. The molecule has 0 aliphatic carbocycles. The number of thioether (sulfide) groups is 1. The first kappa shape index (κ1) is 11.7. The van der Waals surface area contributed by atoms with Gasteiger partial charge >= 0.3 is 0 Å². The summed E-state index contributed by atoms with van der Waals surface area (Å²) in [6.07, 6.45) is 0. The van der Waals surface area contributed by atoms with Crippen molar-refractivity contribution >= 4 is 27.6 Å². The Balaban J connectivity index is 2.47. The van der Waals surface area contributed by atoms with Crippen LogP contribution in [0.4, 0.5) is 5.69 Å². The largest absolute Gasteiger partial charge is 0.348 e. The third kappa shape index (κ3) is 1.89. The first-order chi connectivity index (χ1) is 7.43. The van der Waals surface area contributed by atoms with Gasteiger partial charge in [0.05, 0.1) is 10.6 Å². The molecular formula is C8H11N3O3S2. The van der Waals surface area contributed by atoms with Crippen LogP contribution in [0.25, 0.3) is 0 Å². The van der Waals surface area contributed by atoms with E-state index in [9.17, 15) is 8.42 Å². The zero-order valence-electron chi connectivity index (χ0n) is 8.41. The normalized spacial score (nSPS) is 19.9. The summed E-state index contributed by atoms with van der Waals surface area (Å²) in [4.78, 5) is 2.60. The molecule has 1 aromatic carbocycles. The van der Waals surface area contributed by atoms with Crippen LogP contribution in [-0.4, -0.2) is 25.5 Å². The fourth-order valence-electron chi connectivity index (χ4n) is 1.50. The first-order valence-corrected chi connectivity index (χ1v) is 6.72. The van der Waals surface area contributed by atoms with E-state index in [1.54, 1.807) is 18.0 Å². The number of nitrogens with two attached hydrogens (primary N) is 1. The van der Waals surface area contributed by atoms with Gasteiger partial charge in [-0.25, -0.2) is 5.43 Å². The van der Waals surface area contributed by atoms with Gasteiger partial charge in [-0.1, -0.05) is 11.8 Å². The molecule has 0 fully saturated rings. The van der Waals surface area contributed by atoms with Crippen molar-refractivity contribution in [3.05, 3.63) is 18.2 Å². The highest BCUT2D eigenvalue weighted by atomic mass is 32.2. The van der Waals surface area contributed by atoms with E-state index in [4.69, 9.17) is 10.4 Å². The van der Waals surface area contributed by atoms with Crippen LogP contribution in [0, 0.1) is 0 Å². The van der Waals surface area contributed by atoms with Gasteiger partial charge in [0.15, 0.2) is 0 Å². The minimum Gasteiger partial charge on any atom is -0.348 e. The summed E-state index contributed by atoms with van der Waals surface area (Å²) in [5.74, 6) is 5.35. The number of rotatable bonds is 2. The Labute approximate surface area is 97.5 Å². The van der Waals surface area contributed by atoms with Gasteiger partial charge in [-0.15, -0.1) is 0 Å². The minimum atomic E-state index is -4.16. The van der Waals surface area contributed by atoms with Gasteiger partial charge in [0.25, 0.3) is 10.1 Å². The van der Waals surface area contributed by atoms with Crippen LogP contribution >= 0.6 is 11.8 Å². The number of benzene rings is 1. The van der Waals surface area contributed by atoms with Crippen molar-refractivity contribution in [2.24, 2.45) is 5.84 Å². The number of anilines is 1. The summed E-state index contributed by atoms with van der Waals surface area (Å²) in [5.41, 5.74) is 3.19. The molecule has 0 radical (unpaired) electrons. The molecule has 0 saturated carbocycles. The van der Waals surface area contributed by atoms with E-state index in [1.807, 2.05) is 0 Å². The number of fused-ring (bicyclic) bond motifs is 1. The highest BCUT2D eigenvalue weighted by molar-refractivity contribution is 8.00. The fraction of sp³-hybridized carbons (Fsp3) is 0.250. The number of hydrazine groups is 1. The second kappa shape index (κ2) is 3.90. The minimum absolute atomic E-state index is 0.114. The molecule has 1 aliphatic rings. The molecule has 0 aromatic heterocycles. The lowest BCUT2D eigenvalue weighted by Gasteiger charge is -2.20. The number of nitrogens with zero attached hydrogens (tertiary/aromatic N) is 1. The van der Waals surface area contributed by atoms with Crippen molar-refractivity contribution in [3.63, 3.8) is 0 Å². The highest BCUT2D eigenvalue weighted by Crippen LogP contribution is 2.41. The lowest BCUT2D eigenvalue weighted by atomic mass is 10.3. The Morgan fingerprint density at radius 2 is 2.25 bits per heavy atom. The maximum absolute atomic E-state index is 11.0. The Kier molecular flexibility index (Phi) is 2.84. The predicted octanol–water partition coefficient (Wildman–Crippen LogP) is 0.222. The SMILES string of the molecule is CN1c2cc(S(=O)(=O)O)ccc2SC1NN. The van der Waals surface area contributed by atoms with Crippen molar-refractivity contribution in [3.8, 4) is 0 Å². The molecule has 1 unspecified atom stereocenters. The summed E-state index contributed by atoms with van der Waals surface area (Å²) in [5, 5.41) is 0. The molecule has 0 spiro atoms. The predicted molar refractivity (Wildman–Crippen MR) is 61.6 cm³/mol. The molecule has 16 heavy (non-hydrogen) atoms. The molecule has 1 heterocycles. The van der Waals surface area contributed by atoms with Crippen LogP contribution in [0.5, 0.6) is 0 Å². The first-order valence-electron chi connectivity index (χ1n) is 4.40. The van der Waals surface area contributed by atoms with Gasteiger partial charge in [-0.2, -0.15) is 8.42 Å². The van der Waals surface area contributed by atoms with Gasteiger partial charge in [-0.05, 0) is 18.2 Å². The molecule has 1 atom stereocenters. The fourth-order valence-corrected chi connectivity index (χ4v) is 3.06. The molecule has 1 aliphatic heterocycles. The van der Waals surface area contributed by atoms with Gasteiger partial charge in [0.2, 0.25) is 0 Å². The molecule has 4 N–H and O–H groups in total. The molecular weight excluding hydrogens is 250 g/mol. The van der Waals surface area contributed by atoms with Crippen molar-refractivity contribution in [1.29, 1.82) is 0 Å². The molecule has 0 amide bonds. The number of hydrogen-bond donors (Lipinski definition) is 3. The average Bonchev–Trinajstić information content (AvgIpc) is 2.54.